The lowest BCUT2D eigenvalue weighted by Gasteiger charge is -2.21. The van der Waals surface area contributed by atoms with Crippen molar-refractivity contribution in [2.75, 3.05) is 19.3 Å². The molecule has 0 saturated heterocycles. The number of hydrogen-bond donors (Lipinski definition) is 2. The second-order valence-electron chi connectivity index (χ2n) is 5.67. The van der Waals surface area contributed by atoms with E-state index in [0.29, 0.717) is 17.2 Å². The van der Waals surface area contributed by atoms with E-state index in [0.717, 1.165) is 11.4 Å². The largest absolute Gasteiger partial charge is 0.355 e. The molecule has 1 aliphatic carbocycles. The fourth-order valence-electron chi connectivity index (χ4n) is 2.76. The molecule has 0 spiro atoms. The van der Waals surface area contributed by atoms with E-state index in [-0.39, 0.29) is 11.8 Å². The standard InChI is InChI=1S/C17H24N2O2S/c1-18-17(21)14-9-5-6-10-15(14)22-12-16(20)19-11-13-7-3-2-4-8-13/h5-6,9-10,13H,2-4,7-8,11-12H2,1H3,(H,18,21)(H,19,20). The first-order chi connectivity index (χ1) is 10.7. The Morgan fingerprint density at radius 1 is 1.18 bits per heavy atom. The maximum absolute atomic E-state index is 12.0. The zero-order valence-corrected chi connectivity index (χ0v) is 13.9. The number of amides is 2. The first-order valence-electron chi connectivity index (χ1n) is 7.91. The summed E-state index contributed by atoms with van der Waals surface area (Å²) < 4.78 is 0. The Bertz CT molecular complexity index is 513. The monoisotopic (exact) mass is 320 g/mol. The Hall–Kier alpha value is -1.49. The van der Waals surface area contributed by atoms with Crippen LogP contribution in [0.1, 0.15) is 42.5 Å². The Balaban J connectivity index is 1.79. The van der Waals surface area contributed by atoms with Gasteiger partial charge >= 0.3 is 0 Å². The minimum absolute atomic E-state index is 0.0438. The molecule has 0 atom stereocenters. The highest BCUT2D eigenvalue weighted by molar-refractivity contribution is 8.00. The average molecular weight is 320 g/mol. The van der Waals surface area contributed by atoms with Crippen molar-refractivity contribution in [2.45, 2.75) is 37.0 Å². The van der Waals surface area contributed by atoms with Crippen molar-refractivity contribution < 1.29 is 9.59 Å². The summed E-state index contributed by atoms with van der Waals surface area (Å²) in [6.07, 6.45) is 6.36. The van der Waals surface area contributed by atoms with E-state index in [1.165, 1.54) is 43.9 Å². The number of benzene rings is 1. The zero-order valence-electron chi connectivity index (χ0n) is 13.1. The van der Waals surface area contributed by atoms with Crippen LogP contribution in [-0.4, -0.2) is 31.2 Å². The molecule has 0 bridgehead atoms. The van der Waals surface area contributed by atoms with Gasteiger partial charge < -0.3 is 10.6 Å². The van der Waals surface area contributed by atoms with Gasteiger partial charge in [-0.05, 0) is 30.9 Å². The second kappa shape index (κ2) is 8.83. The molecule has 1 saturated carbocycles. The quantitative estimate of drug-likeness (QED) is 0.793. The summed E-state index contributed by atoms with van der Waals surface area (Å²) in [5, 5.41) is 5.65. The summed E-state index contributed by atoms with van der Waals surface area (Å²) in [7, 11) is 1.61. The molecule has 2 N–H and O–H groups in total. The lowest BCUT2D eigenvalue weighted by atomic mass is 9.89. The van der Waals surface area contributed by atoms with Gasteiger partial charge in [0.1, 0.15) is 0 Å². The van der Waals surface area contributed by atoms with Crippen molar-refractivity contribution in [3.05, 3.63) is 29.8 Å². The molecule has 22 heavy (non-hydrogen) atoms. The van der Waals surface area contributed by atoms with Crippen LogP contribution in [0.15, 0.2) is 29.2 Å². The van der Waals surface area contributed by atoms with Crippen LogP contribution in [0.5, 0.6) is 0 Å². The van der Waals surface area contributed by atoms with Crippen LogP contribution in [0.2, 0.25) is 0 Å². The summed E-state index contributed by atoms with van der Waals surface area (Å²) in [4.78, 5) is 24.6. The molecule has 1 aromatic rings. The van der Waals surface area contributed by atoms with E-state index >= 15 is 0 Å². The molecule has 0 aromatic heterocycles. The number of thioether (sulfide) groups is 1. The first kappa shape index (κ1) is 16.9. The van der Waals surface area contributed by atoms with E-state index in [1.54, 1.807) is 13.1 Å². The van der Waals surface area contributed by atoms with E-state index in [9.17, 15) is 9.59 Å². The van der Waals surface area contributed by atoms with Gasteiger partial charge in [0.25, 0.3) is 5.91 Å². The van der Waals surface area contributed by atoms with Gasteiger partial charge in [0, 0.05) is 18.5 Å². The number of rotatable bonds is 6. The number of nitrogens with one attached hydrogen (secondary N) is 2. The molecule has 0 radical (unpaired) electrons. The van der Waals surface area contributed by atoms with E-state index in [2.05, 4.69) is 10.6 Å². The molecule has 1 fully saturated rings. The van der Waals surface area contributed by atoms with E-state index < -0.39 is 0 Å². The van der Waals surface area contributed by atoms with E-state index in [1.807, 2.05) is 18.2 Å². The van der Waals surface area contributed by atoms with Crippen molar-refractivity contribution in [1.82, 2.24) is 10.6 Å². The zero-order chi connectivity index (χ0) is 15.8. The van der Waals surface area contributed by atoms with E-state index in [4.69, 9.17) is 0 Å². The van der Waals surface area contributed by atoms with Crippen LogP contribution in [0.3, 0.4) is 0 Å². The molecule has 0 aliphatic heterocycles. The van der Waals surface area contributed by atoms with Crippen LogP contribution in [0, 0.1) is 5.92 Å². The molecule has 0 heterocycles. The highest BCUT2D eigenvalue weighted by Gasteiger charge is 2.15. The van der Waals surface area contributed by atoms with Crippen molar-refractivity contribution in [3.8, 4) is 0 Å². The molecule has 0 unspecified atom stereocenters. The van der Waals surface area contributed by atoms with Crippen LogP contribution >= 0.6 is 11.8 Å². The predicted octanol–water partition coefficient (Wildman–Crippen LogP) is 2.83. The SMILES string of the molecule is CNC(=O)c1ccccc1SCC(=O)NCC1CCCCC1. The molecule has 120 valence electrons. The van der Waals surface area contributed by atoms with Crippen molar-refractivity contribution in [1.29, 1.82) is 0 Å². The average Bonchev–Trinajstić information content (AvgIpc) is 2.58. The maximum Gasteiger partial charge on any atom is 0.252 e. The lowest BCUT2D eigenvalue weighted by Crippen LogP contribution is -2.31. The van der Waals surface area contributed by atoms with Gasteiger partial charge in [-0.15, -0.1) is 11.8 Å². The predicted molar refractivity (Wildman–Crippen MR) is 90.1 cm³/mol. The van der Waals surface area contributed by atoms with Crippen LogP contribution in [-0.2, 0) is 4.79 Å². The van der Waals surface area contributed by atoms with Gasteiger partial charge in [0.2, 0.25) is 5.91 Å². The molecule has 4 nitrogen and oxygen atoms in total. The van der Waals surface area contributed by atoms with Gasteiger partial charge in [-0.2, -0.15) is 0 Å². The Kier molecular flexibility index (Phi) is 6.77. The summed E-state index contributed by atoms with van der Waals surface area (Å²) in [6, 6.07) is 7.37. The third-order valence-electron chi connectivity index (χ3n) is 4.03. The maximum atomic E-state index is 12.0. The van der Waals surface area contributed by atoms with Crippen molar-refractivity contribution in [2.24, 2.45) is 5.92 Å². The van der Waals surface area contributed by atoms with Crippen molar-refractivity contribution >= 4 is 23.6 Å². The summed E-state index contributed by atoms with van der Waals surface area (Å²) in [6.45, 7) is 0.788. The second-order valence-corrected chi connectivity index (χ2v) is 6.69. The van der Waals surface area contributed by atoms with Crippen molar-refractivity contribution in [3.63, 3.8) is 0 Å². The third kappa shape index (κ3) is 5.05. The van der Waals surface area contributed by atoms with Crippen LogP contribution < -0.4 is 10.6 Å². The fourth-order valence-corrected chi connectivity index (χ4v) is 3.64. The molecule has 2 amide bonds. The molecular formula is C17H24N2O2S. The summed E-state index contributed by atoms with van der Waals surface area (Å²) in [5.41, 5.74) is 0.620. The highest BCUT2D eigenvalue weighted by atomic mass is 32.2. The topological polar surface area (TPSA) is 58.2 Å². The lowest BCUT2D eigenvalue weighted by molar-refractivity contribution is -0.118. The number of carbonyl (C=O) groups is 2. The van der Waals surface area contributed by atoms with Gasteiger partial charge in [-0.3, -0.25) is 9.59 Å². The van der Waals surface area contributed by atoms with Gasteiger partial charge in [0.05, 0.1) is 11.3 Å². The smallest absolute Gasteiger partial charge is 0.252 e. The normalized spacial score (nSPS) is 15.3. The fraction of sp³-hybridized carbons (Fsp3) is 0.529. The summed E-state index contributed by atoms with van der Waals surface area (Å²) in [5.74, 6) is 0.912. The molecular weight excluding hydrogens is 296 g/mol. The minimum atomic E-state index is -0.120. The van der Waals surface area contributed by atoms with Crippen LogP contribution in [0.25, 0.3) is 0 Å². The Morgan fingerprint density at radius 2 is 1.91 bits per heavy atom. The first-order valence-corrected chi connectivity index (χ1v) is 8.90. The van der Waals surface area contributed by atoms with Crippen LogP contribution in [0.4, 0.5) is 0 Å². The van der Waals surface area contributed by atoms with Gasteiger partial charge in [-0.25, -0.2) is 0 Å². The Morgan fingerprint density at radius 3 is 2.64 bits per heavy atom. The molecule has 5 heteroatoms. The highest BCUT2D eigenvalue weighted by Crippen LogP contribution is 2.24. The molecule has 2 rings (SSSR count). The minimum Gasteiger partial charge on any atom is -0.355 e. The molecule has 1 aromatic carbocycles. The summed E-state index contributed by atoms with van der Waals surface area (Å²) >= 11 is 1.41. The number of carbonyl (C=O) groups excluding carboxylic acids is 2. The van der Waals surface area contributed by atoms with Gasteiger partial charge in [-0.1, -0.05) is 31.4 Å². The van der Waals surface area contributed by atoms with Gasteiger partial charge in [0.15, 0.2) is 0 Å². The third-order valence-corrected chi connectivity index (χ3v) is 5.10. The molecule has 1 aliphatic rings. The Labute approximate surface area is 136 Å². The number of hydrogen-bond acceptors (Lipinski definition) is 3.